The Morgan fingerprint density at radius 1 is 1.58 bits per heavy atom. The van der Waals surface area contributed by atoms with Gasteiger partial charge in [0.05, 0.1) is 6.10 Å². The third-order valence-corrected chi connectivity index (χ3v) is 4.93. The van der Waals surface area contributed by atoms with Gasteiger partial charge in [0.15, 0.2) is 5.13 Å². The first-order valence-corrected chi connectivity index (χ1v) is 6.99. The van der Waals surface area contributed by atoms with Crippen LogP contribution in [0.4, 0.5) is 10.9 Å². The fourth-order valence-corrected chi connectivity index (χ4v) is 3.10. The van der Waals surface area contributed by atoms with Crippen LogP contribution in [0.15, 0.2) is 0 Å². The smallest absolute Gasteiger partial charge is 0.265 e. The molecule has 1 aliphatic carbocycles. The highest BCUT2D eigenvalue weighted by Crippen LogP contribution is 2.42. The van der Waals surface area contributed by atoms with Crippen molar-refractivity contribution in [2.45, 2.75) is 32.4 Å². The summed E-state index contributed by atoms with van der Waals surface area (Å²) in [6.07, 6.45) is 1.01. The molecule has 1 amide bonds. The van der Waals surface area contributed by atoms with E-state index in [0.29, 0.717) is 10.0 Å². The van der Waals surface area contributed by atoms with Crippen molar-refractivity contribution in [3.63, 3.8) is 0 Å². The molecule has 4 N–H and O–H groups in total. The monoisotopic (exact) mass is 284 g/mol. The highest BCUT2D eigenvalue weighted by Gasteiger charge is 2.49. The number of hydrogen-bond donors (Lipinski definition) is 3. The molecule has 0 saturated heterocycles. The van der Waals surface area contributed by atoms with Gasteiger partial charge in [-0.25, -0.2) is 4.98 Å². The summed E-state index contributed by atoms with van der Waals surface area (Å²) in [5.41, 5.74) is 5.69. The second-order valence-corrected chi connectivity index (χ2v) is 6.29. The number of carbonyl (C=O) groups is 1. The van der Waals surface area contributed by atoms with E-state index in [2.05, 4.69) is 29.5 Å². The van der Waals surface area contributed by atoms with Crippen molar-refractivity contribution >= 4 is 28.2 Å². The summed E-state index contributed by atoms with van der Waals surface area (Å²) in [5, 5.41) is 6.54. The van der Waals surface area contributed by atoms with Crippen molar-refractivity contribution in [2.75, 3.05) is 25.2 Å². The van der Waals surface area contributed by atoms with Gasteiger partial charge in [0, 0.05) is 25.6 Å². The van der Waals surface area contributed by atoms with Gasteiger partial charge in [-0.05, 0) is 6.42 Å². The summed E-state index contributed by atoms with van der Waals surface area (Å²) in [6, 6.07) is 0.101. The number of methoxy groups -OCH3 is 1. The summed E-state index contributed by atoms with van der Waals surface area (Å²) in [7, 11) is 3.45. The largest absolute Gasteiger partial charge is 0.382 e. The number of hydrogen-bond acceptors (Lipinski definition) is 6. The minimum Gasteiger partial charge on any atom is -0.382 e. The number of anilines is 2. The molecule has 0 bridgehead atoms. The molecular weight excluding hydrogens is 264 g/mol. The van der Waals surface area contributed by atoms with Crippen molar-refractivity contribution in [1.82, 2.24) is 10.3 Å². The highest BCUT2D eigenvalue weighted by atomic mass is 32.1. The number of aromatic nitrogens is 1. The van der Waals surface area contributed by atoms with E-state index in [9.17, 15) is 4.79 Å². The third kappa shape index (κ3) is 2.40. The molecule has 0 aromatic carbocycles. The maximum Gasteiger partial charge on any atom is 0.265 e. The molecule has 1 fully saturated rings. The van der Waals surface area contributed by atoms with Crippen molar-refractivity contribution < 1.29 is 9.53 Å². The zero-order chi connectivity index (χ0) is 14.2. The lowest BCUT2D eigenvalue weighted by molar-refractivity contribution is -0.0942. The van der Waals surface area contributed by atoms with Gasteiger partial charge < -0.3 is 21.1 Å². The van der Waals surface area contributed by atoms with Gasteiger partial charge >= 0.3 is 0 Å². The van der Waals surface area contributed by atoms with E-state index in [-0.39, 0.29) is 29.3 Å². The Morgan fingerprint density at radius 2 is 2.26 bits per heavy atom. The van der Waals surface area contributed by atoms with Crippen LogP contribution in [-0.4, -0.2) is 37.2 Å². The number of amides is 1. The molecule has 6 nitrogen and oxygen atoms in total. The van der Waals surface area contributed by atoms with Gasteiger partial charge in [-0.2, -0.15) is 0 Å². The summed E-state index contributed by atoms with van der Waals surface area (Å²) >= 11 is 1.26. The number of nitrogens with two attached hydrogens (primary N) is 1. The predicted molar refractivity (Wildman–Crippen MR) is 76.5 cm³/mol. The summed E-state index contributed by atoms with van der Waals surface area (Å²) in [5.74, 6) is 0.108. The number of nitrogens with one attached hydrogen (secondary N) is 2. The number of nitrogens with zero attached hydrogens (tertiary/aromatic N) is 1. The average molecular weight is 284 g/mol. The fourth-order valence-electron chi connectivity index (χ4n) is 2.36. The van der Waals surface area contributed by atoms with Gasteiger partial charge in [0.2, 0.25) is 0 Å². The van der Waals surface area contributed by atoms with Crippen LogP contribution in [0.2, 0.25) is 0 Å². The number of rotatable bonds is 4. The molecule has 0 spiro atoms. The van der Waals surface area contributed by atoms with Crippen LogP contribution in [0.1, 0.15) is 29.9 Å². The standard InChI is InChI=1S/C12H20N4O2S/c1-12(2)6(5-7(12)18-4)15-10(17)8-9(13)16-11(14-3)19-8/h6-7H,5,13H2,1-4H3,(H,14,16)(H,15,17). The van der Waals surface area contributed by atoms with Gasteiger partial charge in [0.1, 0.15) is 10.7 Å². The van der Waals surface area contributed by atoms with Crippen molar-refractivity contribution in [2.24, 2.45) is 5.41 Å². The molecule has 1 saturated carbocycles. The maximum absolute atomic E-state index is 12.2. The van der Waals surface area contributed by atoms with Gasteiger partial charge in [-0.1, -0.05) is 25.2 Å². The van der Waals surface area contributed by atoms with Crippen molar-refractivity contribution in [3.05, 3.63) is 4.88 Å². The Morgan fingerprint density at radius 3 is 2.74 bits per heavy atom. The van der Waals surface area contributed by atoms with Gasteiger partial charge in [-0.15, -0.1) is 0 Å². The summed E-state index contributed by atoms with van der Waals surface area (Å²) < 4.78 is 5.37. The summed E-state index contributed by atoms with van der Waals surface area (Å²) in [4.78, 5) is 16.7. The SMILES string of the molecule is CNc1nc(N)c(C(=O)NC2CC(OC)C2(C)C)s1. The van der Waals surface area contributed by atoms with Gasteiger partial charge in [0.25, 0.3) is 5.91 Å². The summed E-state index contributed by atoms with van der Waals surface area (Å²) in [6.45, 7) is 4.18. The third-order valence-electron chi connectivity index (χ3n) is 3.84. The fraction of sp³-hybridized carbons (Fsp3) is 0.667. The predicted octanol–water partition coefficient (Wildman–Crippen LogP) is 1.31. The second-order valence-electron chi connectivity index (χ2n) is 5.29. The molecule has 1 aliphatic rings. The van der Waals surface area contributed by atoms with Crippen molar-refractivity contribution in [3.8, 4) is 0 Å². The number of carbonyl (C=O) groups excluding carboxylic acids is 1. The van der Waals surface area contributed by atoms with Crippen LogP contribution in [0.25, 0.3) is 0 Å². The normalized spacial score (nSPS) is 24.6. The average Bonchev–Trinajstić information content (AvgIpc) is 2.75. The van der Waals surface area contributed by atoms with Crippen molar-refractivity contribution in [1.29, 1.82) is 0 Å². The Kier molecular flexibility index (Phi) is 3.69. The molecule has 1 heterocycles. The highest BCUT2D eigenvalue weighted by molar-refractivity contribution is 7.18. The van der Waals surface area contributed by atoms with E-state index in [0.717, 1.165) is 6.42 Å². The number of thiazole rings is 1. The number of nitrogen functional groups attached to an aromatic ring is 1. The molecular formula is C12H20N4O2S. The molecule has 7 heteroatoms. The molecule has 1 aromatic rings. The van der Waals surface area contributed by atoms with Crippen LogP contribution < -0.4 is 16.4 Å². The number of ether oxygens (including phenoxy) is 1. The zero-order valence-electron chi connectivity index (χ0n) is 11.6. The van der Waals surface area contributed by atoms with E-state index in [4.69, 9.17) is 10.5 Å². The van der Waals surface area contributed by atoms with Crippen LogP contribution in [0, 0.1) is 5.41 Å². The minimum absolute atomic E-state index is 0.0598. The first kappa shape index (κ1) is 14.1. The lowest BCUT2D eigenvalue weighted by atomic mass is 9.64. The second kappa shape index (κ2) is 4.97. The topological polar surface area (TPSA) is 89.3 Å². The molecule has 0 aliphatic heterocycles. The van der Waals surface area contributed by atoms with E-state index in [1.807, 2.05) is 0 Å². The van der Waals surface area contributed by atoms with Gasteiger partial charge in [-0.3, -0.25) is 4.79 Å². The zero-order valence-corrected chi connectivity index (χ0v) is 12.4. The van der Waals surface area contributed by atoms with Crippen LogP contribution >= 0.6 is 11.3 Å². The Hall–Kier alpha value is -1.34. The quantitative estimate of drug-likeness (QED) is 0.775. The van der Waals surface area contributed by atoms with Crippen LogP contribution in [-0.2, 0) is 4.74 Å². The lowest BCUT2D eigenvalue weighted by Gasteiger charge is -2.51. The first-order chi connectivity index (χ1) is 8.90. The molecule has 2 rings (SSSR count). The Labute approximate surface area is 116 Å². The Balaban J connectivity index is 2.04. The molecule has 106 valence electrons. The maximum atomic E-state index is 12.2. The molecule has 19 heavy (non-hydrogen) atoms. The molecule has 2 atom stereocenters. The van der Waals surface area contributed by atoms with Crippen LogP contribution in [0.5, 0.6) is 0 Å². The molecule has 2 unspecified atom stereocenters. The Bertz CT molecular complexity index is 486. The van der Waals surface area contributed by atoms with E-state index in [1.54, 1.807) is 14.2 Å². The first-order valence-electron chi connectivity index (χ1n) is 6.17. The van der Waals surface area contributed by atoms with E-state index >= 15 is 0 Å². The molecule has 1 aromatic heterocycles. The van der Waals surface area contributed by atoms with Crippen LogP contribution in [0.3, 0.4) is 0 Å². The minimum atomic E-state index is -0.163. The molecule has 0 radical (unpaired) electrons. The van der Waals surface area contributed by atoms with E-state index < -0.39 is 0 Å². The van der Waals surface area contributed by atoms with E-state index in [1.165, 1.54) is 11.3 Å². The lowest BCUT2D eigenvalue weighted by Crippen LogP contribution is -2.61.